The Hall–Kier alpha value is -6.32. The fourth-order valence-electron chi connectivity index (χ4n) is 12.9. The van der Waals surface area contributed by atoms with Gasteiger partial charge in [-0.25, -0.2) is 0 Å². The summed E-state index contributed by atoms with van der Waals surface area (Å²) in [4.78, 5) is 5.47. The van der Waals surface area contributed by atoms with Crippen molar-refractivity contribution in [3.63, 3.8) is 0 Å². The standard InChI is InChI=1S/C65H65BN2/c1-61(2,3)42-26-29-44(30-27-42)68-55-39-52-51(63(7,8)34-35-64(52,9)10)38-49(55)57-45-23-17-16-22-41(45)36-56-59(57)66(68)60-54(33-31-47-46-24-18-19-25-50(46)65(11,12)58(47)60)67(56)53-32-28-43(62(4,5)6)37-48(53)40-20-14-13-15-21-40/h13-33,36-39H,34-35H2,1-12H3. The van der Waals surface area contributed by atoms with Crippen LogP contribution in [0.15, 0.2) is 152 Å². The largest absolute Gasteiger partial charge is 0.376 e. The molecule has 12 rings (SSSR count). The molecule has 0 spiro atoms. The van der Waals surface area contributed by atoms with Gasteiger partial charge in [0.15, 0.2) is 0 Å². The second kappa shape index (κ2) is 14.4. The molecule has 0 bridgehead atoms. The maximum absolute atomic E-state index is 2.79. The van der Waals surface area contributed by atoms with E-state index in [-0.39, 0.29) is 33.9 Å². The fraction of sp³-hybridized carbons (Fsp3) is 0.292. The Balaban J connectivity index is 1.28. The summed E-state index contributed by atoms with van der Waals surface area (Å²) in [5, 5.41) is 2.58. The van der Waals surface area contributed by atoms with Crippen molar-refractivity contribution in [2.75, 3.05) is 9.71 Å². The minimum absolute atomic E-state index is 0.0270. The van der Waals surface area contributed by atoms with Gasteiger partial charge in [0.1, 0.15) is 0 Å². The highest BCUT2D eigenvalue weighted by Gasteiger charge is 2.52. The summed E-state index contributed by atoms with van der Waals surface area (Å²) in [6.45, 7) is 28.7. The van der Waals surface area contributed by atoms with Crippen LogP contribution in [0.4, 0.5) is 28.4 Å². The van der Waals surface area contributed by atoms with Crippen molar-refractivity contribution >= 4 is 57.0 Å². The van der Waals surface area contributed by atoms with Gasteiger partial charge < -0.3 is 9.71 Å². The van der Waals surface area contributed by atoms with Crippen LogP contribution in [0.25, 0.3) is 44.2 Å². The molecule has 68 heavy (non-hydrogen) atoms. The van der Waals surface area contributed by atoms with Crippen molar-refractivity contribution in [1.29, 1.82) is 0 Å². The monoisotopic (exact) mass is 885 g/mol. The zero-order chi connectivity index (χ0) is 47.4. The van der Waals surface area contributed by atoms with Crippen molar-refractivity contribution in [1.82, 2.24) is 0 Å². The third-order valence-corrected chi connectivity index (χ3v) is 16.8. The Labute approximate surface area is 406 Å². The third-order valence-electron chi connectivity index (χ3n) is 16.8. The zero-order valence-corrected chi connectivity index (χ0v) is 42.3. The van der Waals surface area contributed by atoms with Crippen LogP contribution in [0.1, 0.15) is 129 Å². The Kier molecular flexibility index (Phi) is 9.08. The Morgan fingerprint density at radius 2 is 1.07 bits per heavy atom. The number of hydrogen-bond donors (Lipinski definition) is 0. The van der Waals surface area contributed by atoms with E-state index in [1.165, 1.54) is 117 Å². The Morgan fingerprint density at radius 1 is 0.456 bits per heavy atom. The van der Waals surface area contributed by atoms with E-state index in [2.05, 4.69) is 244 Å². The van der Waals surface area contributed by atoms with E-state index >= 15 is 0 Å². The number of hydrogen-bond acceptors (Lipinski definition) is 2. The van der Waals surface area contributed by atoms with Crippen LogP contribution in [0.2, 0.25) is 0 Å². The SMILES string of the molecule is CC(C)(C)c1ccc(N2B3c4c(ccc5c4C(C)(C)c4ccccc4-5)N(c4ccc(C(C)(C)C)cc4-c4ccccc4)c4cc5ccccc5c(c43)-c3cc4c(cc32)C(C)(C)CCC4(C)C)cc1. The third kappa shape index (κ3) is 6.16. The number of rotatable bonds is 3. The molecule has 2 heterocycles. The van der Waals surface area contributed by atoms with Crippen LogP contribution in [0.3, 0.4) is 0 Å². The van der Waals surface area contributed by atoms with Gasteiger partial charge in [0.25, 0.3) is 0 Å². The smallest absolute Gasteiger partial charge is 0.333 e. The molecule has 0 saturated heterocycles. The van der Waals surface area contributed by atoms with Crippen LogP contribution < -0.4 is 20.6 Å². The van der Waals surface area contributed by atoms with E-state index in [4.69, 9.17) is 0 Å². The Bertz CT molecular complexity index is 3390. The normalized spacial score (nSPS) is 17.0. The molecule has 8 aromatic carbocycles. The molecule has 0 aromatic heterocycles. The van der Waals surface area contributed by atoms with Crippen molar-refractivity contribution in [2.45, 2.75) is 123 Å². The number of anilines is 5. The van der Waals surface area contributed by atoms with E-state index in [0.717, 1.165) is 12.8 Å². The first-order chi connectivity index (χ1) is 32.3. The van der Waals surface area contributed by atoms with Gasteiger partial charge in [0.05, 0.1) is 5.69 Å². The van der Waals surface area contributed by atoms with E-state index < -0.39 is 0 Å². The van der Waals surface area contributed by atoms with Gasteiger partial charge in [-0.15, -0.1) is 0 Å². The average Bonchev–Trinajstić information content (AvgIpc) is 3.55. The average molecular weight is 885 g/mol. The molecule has 0 radical (unpaired) electrons. The topological polar surface area (TPSA) is 6.48 Å². The molecule has 8 aromatic rings. The predicted octanol–water partition coefficient (Wildman–Crippen LogP) is 16.5. The molecular weight excluding hydrogens is 820 g/mol. The quantitative estimate of drug-likeness (QED) is 0.163. The molecule has 3 heteroatoms. The van der Waals surface area contributed by atoms with Crippen LogP contribution in [-0.2, 0) is 27.1 Å². The molecule has 4 aliphatic rings. The Morgan fingerprint density at radius 3 is 1.78 bits per heavy atom. The molecule has 0 N–H and O–H groups in total. The summed E-state index contributed by atoms with van der Waals surface area (Å²) < 4.78 is 0. The van der Waals surface area contributed by atoms with E-state index in [9.17, 15) is 0 Å². The zero-order valence-electron chi connectivity index (χ0n) is 42.3. The van der Waals surface area contributed by atoms with Crippen molar-refractivity contribution in [3.05, 3.63) is 185 Å². The molecule has 0 atom stereocenters. The van der Waals surface area contributed by atoms with E-state index in [0.29, 0.717) is 0 Å². The predicted molar refractivity (Wildman–Crippen MR) is 293 cm³/mol. The molecule has 0 amide bonds. The summed E-state index contributed by atoms with van der Waals surface area (Å²) in [5.74, 6) is 0. The lowest BCUT2D eigenvalue weighted by Crippen LogP contribution is -2.63. The molecule has 0 fully saturated rings. The minimum Gasteiger partial charge on any atom is -0.376 e. The highest BCUT2D eigenvalue weighted by atomic mass is 15.2. The van der Waals surface area contributed by atoms with E-state index in [1.807, 2.05) is 0 Å². The maximum Gasteiger partial charge on any atom is 0.333 e. The van der Waals surface area contributed by atoms with Gasteiger partial charge in [-0.3, -0.25) is 0 Å². The van der Waals surface area contributed by atoms with Gasteiger partial charge in [-0.2, -0.15) is 0 Å². The van der Waals surface area contributed by atoms with Gasteiger partial charge >= 0.3 is 6.85 Å². The van der Waals surface area contributed by atoms with Crippen LogP contribution in [0, 0.1) is 0 Å². The first kappa shape index (κ1) is 43.0. The number of fused-ring (bicyclic) bond motifs is 11. The summed E-state index contributed by atoms with van der Waals surface area (Å²) in [5.41, 5.74) is 25.2. The maximum atomic E-state index is 2.79. The second-order valence-electron chi connectivity index (χ2n) is 24.4. The molecule has 2 nitrogen and oxygen atoms in total. The summed E-state index contributed by atoms with van der Waals surface area (Å²) >= 11 is 0. The number of benzene rings is 8. The van der Waals surface area contributed by atoms with Gasteiger partial charge in [-0.1, -0.05) is 186 Å². The molecule has 338 valence electrons. The molecule has 2 aliphatic carbocycles. The first-order valence-corrected chi connectivity index (χ1v) is 25.2. The lowest BCUT2D eigenvalue weighted by molar-refractivity contribution is 0.332. The highest BCUT2D eigenvalue weighted by molar-refractivity contribution is 6.94. The summed E-state index contributed by atoms with van der Waals surface area (Å²) in [6.07, 6.45) is 2.32. The van der Waals surface area contributed by atoms with E-state index in [1.54, 1.807) is 0 Å². The van der Waals surface area contributed by atoms with Crippen LogP contribution in [-0.4, -0.2) is 6.85 Å². The van der Waals surface area contributed by atoms with Crippen LogP contribution >= 0.6 is 0 Å². The van der Waals surface area contributed by atoms with Crippen LogP contribution in [0.5, 0.6) is 0 Å². The second-order valence-corrected chi connectivity index (χ2v) is 24.4. The lowest BCUT2D eigenvalue weighted by atomic mass is 9.41. The van der Waals surface area contributed by atoms with Crippen molar-refractivity contribution < 1.29 is 0 Å². The lowest BCUT2D eigenvalue weighted by Gasteiger charge is -2.49. The van der Waals surface area contributed by atoms with Crippen molar-refractivity contribution in [3.8, 4) is 33.4 Å². The highest BCUT2D eigenvalue weighted by Crippen LogP contribution is 2.57. The molecule has 0 unspecified atom stereocenters. The summed E-state index contributed by atoms with van der Waals surface area (Å²) in [6, 6.07) is 59.3. The minimum atomic E-state index is -0.264. The first-order valence-electron chi connectivity index (χ1n) is 25.2. The van der Waals surface area contributed by atoms with Gasteiger partial charge in [-0.05, 0) is 160 Å². The van der Waals surface area contributed by atoms with Gasteiger partial charge in [0.2, 0.25) is 0 Å². The fourth-order valence-corrected chi connectivity index (χ4v) is 12.9. The molecule has 2 aliphatic heterocycles. The summed E-state index contributed by atoms with van der Waals surface area (Å²) in [7, 11) is 0. The van der Waals surface area contributed by atoms with Gasteiger partial charge in [0, 0.05) is 39.3 Å². The van der Waals surface area contributed by atoms with Crippen molar-refractivity contribution in [2.24, 2.45) is 0 Å². The molecular formula is C65H65BN2. The molecule has 0 saturated carbocycles. The number of nitrogens with zero attached hydrogens (tertiary/aromatic N) is 2.